The summed E-state index contributed by atoms with van der Waals surface area (Å²) in [7, 11) is 0. The molecular formula is C14H19ClN2O. The van der Waals surface area contributed by atoms with E-state index in [0.29, 0.717) is 13.0 Å². The first-order valence-electron chi connectivity index (χ1n) is 6.39. The molecule has 1 amide bonds. The van der Waals surface area contributed by atoms with Crippen LogP contribution in [-0.4, -0.2) is 19.0 Å². The first-order valence-corrected chi connectivity index (χ1v) is 6.77. The van der Waals surface area contributed by atoms with Crippen LogP contribution in [0.5, 0.6) is 0 Å². The SMILES string of the molecule is NCCCC(=O)NCC1(c2ccc(Cl)cc2)CC1. The van der Waals surface area contributed by atoms with Gasteiger partial charge in [0.1, 0.15) is 0 Å². The molecule has 1 aromatic carbocycles. The van der Waals surface area contributed by atoms with E-state index in [0.717, 1.165) is 30.8 Å². The van der Waals surface area contributed by atoms with E-state index in [4.69, 9.17) is 17.3 Å². The average molecular weight is 267 g/mol. The van der Waals surface area contributed by atoms with Crippen molar-refractivity contribution in [2.24, 2.45) is 5.73 Å². The van der Waals surface area contributed by atoms with Gasteiger partial charge >= 0.3 is 0 Å². The molecule has 0 unspecified atom stereocenters. The number of benzene rings is 1. The van der Waals surface area contributed by atoms with Crippen molar-refractivity contribution in [1.29, 1.82) is 0 Å². The Hall–Kier alpha value is -1.06. The van der Waals surface area contributed by atoms with Gasteiger partial charge in [0, 0.05) is 23.4 Å². The zero-order valence-corrected chi connectivity index (χ0v) is 11.2. The van der Waals surface area contributed by atoms with Gasteiger partial charge in [0.2, 0.25) is 5.91 Å². The van der Waals surface area contributed by atoms with E-state index in [9.17, 15) is 4.79 Å². The largest absolute Gasteiger partial charge is 0.355 e. The third-order valence-electron chi connectivity index (χ3n) is 3.54. The molecule has 1 fully saturated rings. The van der Waals surface area contributed by atoms with Crippen molar-refractivity contribution in [2.45, 2.75) is 31.1 Å². The number of halogens is 1. The number of nitrogens with one attached hydrogen (secondary N) is 1. The number of amides is 1. The van der Waals surface area contributed by atoms with Crippen LogP contribution in [-0.2, 0) is 10.2 Å². The zero-order valence-electron chi connectivity index (χ0n) is 10.4. The maximum absolute atomic E-state index is 11.6. The molecule has 18 heavy (non-hydrogen) atoms. The van der Waals surface area contributed by atoms with Crippen LogP contribution in [0.1, 0.15) is 31.2 Å². The van der Waals surface area contributed by atoms with Gasteiger partial charge in [-0.15, -0.1) is 0 Å². The fourth-order valence-corrected chi connectivity index (χ4v) is 2.27. The van der Waals surface area contributed by atoms with Crippen LogP contribution >= 0.6 is 11.6 Å². The van der Waals surface area contributed by atoms with Gasteiger partial charge in [-0.2, -0.15) is 0 Å². The molecule has 3 nitrogen and oxygen atoms in total. The van der Waals surface area contributed by atoms with Crippen molar-refractivity contribution in [2.75, 3.05) is 13.1 Å². The molecule has 3 N–H and O–H groups in total. The highest BCUT2D eigenvalue weighted by atomic mass is 35.5. The number of carbonyl (C=O) groups is 1. The molecule has 1 aliphatic carbocycles. The fraction of sp³-hybridized carbons (Fsp3) is 0.500. The van der Waals surface area contributed by atoms with E-state index in [2.05, 4.69) is 17.4 Å². The molecule has 0 radical (unpaired) electrons. The molecule has 1 saturated carbocycles. The lowest BCUT2D eigenvalue weighted by Gasteiger charge is -2.16. The average Bonchev–Trinajstić information content (AvgIpc) is 3.16. The molecule has 0 atom stereocenters. The van der Waals surface area contributed by atoms with E-state index in [-0.39, 0.29) is 11.3 Å². The van der Waals surface area contributed by atoms with Gasteiger partial charge in [-0.1, -0.05) is 23.7 Å². The summed E-state index contributed by atoms with van der Waals surface area (Å²) in [5, 5.41) is 3.76. The lowest BCUT2D eigenvalue weighted by Crippen LogP contribution is -2.32. The summed E-state index contributed by atoms with van der Waals surface area (Å²) in [6.07, 6.45) is 3.53. The standard InChI is InChI=1S/C14H19ClN2O/c15-12-5-3-11(4-6-12)14(7-8-14)10-17-13(18)2-1-9-16/h3-6H,1-2,7-10,16H2,(H,17,18). The van der Waals surface area contributed by atoms with Crippen molar-refractivity contribution < 1.29 is 4.79 Å². The Bertz CT molecular complexity index is 412. The molecule has 0 saturated heterocycles. The van der Waals surface area contributed by atoms with Crippen molar-refractivity contribution in [3.8, 4) is 0 Å². The second-order valence-electron chi connectivity index (χ2n) is 4.96. The highest BCUT2D eigenvalue weighted by Crippen LogP contribution is 2.47. The minimum Gasteiger partial charge on any atom is -0.355 e. The second-order valence-corrected chi connectivity index (χ2v) is 5.39. The van der Waals surface area contributed by atoms with Gasteiger partial charge in [0.05, 0.1) is 0 Å². The second kappa shape index (κ2) is 5.72. The summed E-state index contributed by atoms with van der Waals surface area (Å²) < 4.78 is 0. The van der Waals surface area contributed by atoms with E-state index >= 15 is 0 Å². The van der Waals surface area contributed by atoms with E-state index in [1.165, 1.54) is 5.56 Å². The lowest BCUT2D eigenvalue weighted by molar-refractivity contribution is -0.121. The molecular weight excluding hydrogens is 248 g/mol. The number of nitrogens with two attached hydrogens (primary N) is 1. The lowest BCUT2D eigenvalue weighted by atomic mass is 9.96. The van der Waals surface area contributed by atoms with Gasteiger partial charge in [-0.25, -0.2) is 0 Å². The third-order valence-corrected chi connectivity index (χ3v) is 3.79. The summed E-state index contributed by atoms with van der Waals surface area (Å²) in [6, 6.07) is 7.93. The topological polar surface area (TPSA) is 55.1 Å². The Morgan fingerprint density at radius 3 is 2.56 bits per heavy atom. The van der Waals surface area contributed by atoms with Crippen molar-refractivity contribution in [3.05, 3.63) is 34.9 Å². The Morgan fingerprint density at radius 1 is 1.33 bits per heavy atom. The van der Waals surface area contributed by atoms with Crippen LogP contribution in [0.2, 0.25) is 5.02 Å². The van der Waals surface area contributed by atoms with Gasteiger partial charge in [0.15, 0.2) is 0 Å². The van der Waals surface area contributed by atoms with Crippen LogP contribution in [0.15, 0.2) is 24.3 Å². The molecule has 0 bridgehead atoms. The van der Waals surface area contributed by atoms with Gasteiger partial charge in [-0.05, 0) is 43.5 Å². The predicted molar refractivity (Wildman–Crippen MR) is 73.7 cm³/mol. The summed E-state index contributed by atoms with van der Waals surface area (Å²) in [6.45, 7) is 1.29. The molecule has 4 heteroatoms. The minimum atomic E-state index is 0.0979. The van der Waals surface area contributed by atoms with Crippen LogP contribution in [0, 0.1) is 0 Å². The first kappa shape index (κ1) is 13.4. The molecule has 0 aromatic heterocycles. The maximum Gasteiger partial charge on any atom is 0.220 e. The number of hydrogen-bond acceptors (Lipinski definition) is 2. The van der Waals surface area contributed by atoms with Gasteiger partial charge < -0.3 is 11.1 Å². The Labute approximate surface area is 113 Å². The highest BCUT2D eigenvalue weighted by molar-refractivity contribution is 6.30. The molecule has 0 spiro atoms. The summed E-state index contributed by atoms with van der Waals surface area (Å²) in [5.41, 5.74) is 6.80. The van der Waals surface area contributed by atoms with Crippen LogP contribution in [0.4, 0.5) is 0 Å². The number of carbonyl (C=O) groups excluding carboxylic acids is 1. The molecule has 0 heterocycles. The molecule has 0 aliphatic heterocycles. The Balaban J connectivity index is 1.88. The highest BCUT2D eigenvalue weighted by Gasteiger charge is 2.44. The van der Waals surface area contributed by atoms with Gasteiger partial charge in [-0.3, -0.25) is 4.79 Å². The van der Waals surface area contributed by atoms with Crippen LogP contribution < -0.4 is 11.1 Å². The Morgan fingerprint density at radius 2 is 2.00 bits per heavy atom. The zero-order chi connectivity index (χ0) is 13.0. The number of hydrogen-bond donors (Lipinski definition) is 2. The molecule has 1 aromatic rings. The van der Waals surface area contributed by atoms with E-state index in [1.807, 2.05) is 12.1 Å². The van der Waals surface area contributed by atoms with Crippen molar-refractivity contribution in [1.82, 2.24) is 5.32 Å². The predicted octanol–water partition coefficient (Wildman–Crippen LogP) is 2.23. The molecule has 1 aliphatic rings. The van der Waals surface area contributed by atoms with Crippen molar-refractivity contribution in [3.63, 3.8) is 0 Å². The van der Waals surface area contributed by atoms with Crippen molar-refractivity contribution >= 4 is 17.5 Å². The first-order chi connectivity index (χ1) is 8.66. The van der Waals surface area contributed by atoms with Crippen LogP contribution in [0.3, 0.4) is 0 Å². The van der Waals surface area contributed by atoms with Gasteiger partial charge in [0.25, 0.3) is 0 Å². The van der Waals surface area contributed by atoms with E-state index < -0.39 is 0 Å². The summed E-state index contributed by atoms with van der Waals surface area (Å²) in [4.78, 5) is 11.6. The number of rotatable bonds is 6. The summed E-state index contributed by atoms with van der Waals surface area (Å²) in [5.74, 6) is 0.0979. The monoisotopic (exact) mass is 266 g/mol. The quantitative estimate of drug-likeness (QED) is 0.830. The summed E-state index contributed by atoms with van der Waals surface area (Å²) >= 11 is 5.89. The van der Waals surface area contributed by atoms with Crippen LogP contribution in [0.25, 0.3) is 0 Å². The smallest absolute Gasteiger partial charge is 0.220 e. The molecule has 2 rings (SSSR count). The molecule has 98 valence electrons. The fourth-order valence-electron chi connectivity index (χ4n) is 2.14. The Kier molecular flexibility index (Phi) is 4.25. The van der Waals surface area contributed by atoms with E-state index in [1.54, 1.807) is 0 Å². The maximum atomic E-state index is 11.6. The normalized spacial score (nSPS) is 16.3. The minimum absolute atomic E-state index is 0.0979. The third kappa shape index (κ3) is 3.24.